The zero-order valence-electron chi connectivity index (χ0n) is 7.38. The average molecular weight is 157 g/mol. The minimum Gasteiger partial charge on any atom is -0.378 e. The molecule has 2 N–H and O–H groups in total. The summed E-state index contributed by atoms with van der Waals surface area (Å²) in [5.74, 6) is 0. The quantitative estimate of drug-likeness (QED) is 0.451. The molecule has 0 heterocycles. The molecule has 0 aromatic carbocycles. The van der Waals surface area contributed by atoms with Gasteiger partial charge in [0.05, 0.1) is 12.7 Å². The number of nitrogens with two attached hydrogens (primary N) is 1. The van der Waals surface area contributed by atoms with Crippen molar-refractivity contribution in [3.05, 3.63) is 12.7 Å². The van der Waals surface area contributed by atoms with E-state index in [9.17, 15) is 0 Å². The van der Waals surface area contributed by atoms with Gasteiger partial charge in [-0.15, -0.1) is 6.58 Å². The molecule has 0 fully saturated rings. The van der Waals surface area contributed by atoms with Crippen LogP contribution in [0.1, 0.15) is 26.2 Å². The molecule has 0 spiro atoms. The average Bonchev–Trinajstić information content (AvgIpc) is 2.01. The molecule has 0 aliphatic carbocycles. The van der Waals surface area contributed by atoms with E-state index in [1.54, 1.807) is 0 Å². The van der Waals surface area contributed by atoms with Gasteiger partial charge in [-0.2, -0.15) is 0 Å². The highest BCUT2D eigenvalue weighted by Crippen LogP contribution is 2.00. The molecule has 1 atom stereocenters. The highest BCUT2D eigenvalue weighted by molar-refractivity contribution is 4.65. The summed E-state index contributed by atoms with van der Waals surface area (Å²) >= 11 is 0. The smallest absolute Gasteiger partial charge is 0.0547 e. The standard InChI is InChI=1S/C9H19NO/c1-3-4-8-11-9(2)6-5-7-10/h3,9H,1,4-8,10H2,2H3. The van der Waals surface area contributed by atoms with Crippen molar-refractivity contribution in [1.29, 1.82) is 0 Å². The first-order valence-corrected chi connectivity index (χ1v) is 4.23. The fourth-order valence-corrected chi connectivity index (χ4v) is 0.841. The zero-order chi connectivity index (χ0) is 8.53. The van der Waals surface area contributed by atoms with Crippen LogP contribution >= 0.6 is 0 Å². The summed E-state index contributed by atoms with van der Waals surface area (Å²) in [6, 6.07) is 0. The van der Waals surface area contributed by atoms with Crippen LogP contribution in [0.4, 0.5) is 0 Å². The largest absolute Gasteiger partial charge is 0.378 e. The number of rotatable bonds is 7. The van der Waals surface area contributed by atoms with Gasteiger partial charge in [-0.25, -0.2) is 0 Å². The lowest BCUT2D eigenvalue weighted by molar-refractivity contribution is 0.0627. The van der Waals surface area contributed by atoms with E-state index in [-0.39, 0.29) is 0 Å². The van der Waals surface area contributed by atoms with E-state index in [0.29, 0.717) is 6.10 Å². The molecule has 0 saturated heterocycles. The molecule has 0 aromatic rings. The number of ether oxygens (including phenoxy) is 1. The van der Waals surface area contributed by atoms with E-state index in [1.807, 2.05) is 6.08 Å². The summed E-state index contributed by atoms with van der Waals surface area (Å²) < 4.78 is 5.46. The second-order valence-corrected chi connectivity index (χ2v) is 2.69. The molecule has 0 radical (unpaired) electrons. The first-order chi connectivity index (χ1) is 5.31. The summed E-state index contributed by atoms with van der Waals surface area (Å²) in [5, 5.41) is 0. The summed E-state index contributed by atoms with van der Waals surface area (Å²) in [4.78, 5) is 0. The van der Waals surface area contributed by atoms with Crippen LogP contribution in [0.3, 0.4) is 0 Å². The van der Waals surface area contributed by atoms with E-state index in [1.165, 1.54) is 0 Å². The lowest BCUT2D eigenvalue weighted by Gasteiger charge is -2.10. The second-order valence-electron chi connectivity index (χ2n) is 2.69. The molecule has 0 amide bonds. The van der Waals surface area contributed by atoms with Gasteiger partial charge in [0.1, 0.15) is 0 Å². The van der Waals surface area contributed by atoms with Crippen molar-refractivity contribution in [3.8, 4) is 0 Å². The lowest BCUT2D eigenvalue weighted by atomic mass is 10.2. The molecule has 0 bridgehead atoms. The minimum atomic E-state index is 0.346. The Kier molecular flexibility index (Phi) is 7.52. The Labute approximate surface area is 69.4 Å². The Hall–Kier alpha value is -0.340. The Balaban J connectivity index is 3.08. The van der Waals surface area contributed by atoms with E-state index >= 15 is 0 Å². The first-order valence-electron chi connectivity index (χ1n) is 4.23. The van der Waals surface area contributed by atoms with E-state index in [2.05, 4.69) is 13.5 Å². The summed E-state index contributed by atoms with van der Waals surface area (Å²) in [6.07, 6.45) is 5.27. The lowest BCUT2D eigenvalue weighted by Crippen LogP contribution is -2.11. The number of hydrogen-bond donors (Lipinski definition) is 1. The zero-order valence-corrected chi connectivity index (χ0v) is 7.38. The molecule has 1 unspecified atom stereocenters. The normalized spacial score (nSPS) is 12.9. The third-order valence-electron chi connectivity index (χ3n) is 1.54. The predicted molar refractivity (Wildman–Crippen MR) is 48.5 cm³/mol. The van der Waals surface area contributed by atoms with Crippen molar-refractivity contribution in [2.45, 2.75) is 32.3 Å². The van der Waals surface area contributed by atoms with Gasteiger partial charge in [0.2, 0.25) is 0 Å². The van der Waals surface area contributed by atoms with E-state index < -0.39 is 0 Å². The van der Waals surface area contributed by atoms with Crippen molar-refractivity contribution in [3.63, 3.8) is 0 Å². The summed E-state index contributed by atoms with van der Waals surface area (Å²) in [6.45, 7) is 7.25. The second kappa shape index (κ2) is 7.76. The molecule has 66 valence electrons. The van der Waals surface area contributed by atoms with Crippen molar-refractivity contribution >= 4 is 0 Å². The van der Waals surface area contributed by atoms with Crippen molar-refractivity contribution in [1.82, 2.24) is 0 Å². The maximum absolute atomic E-state index is 5.46. The Morgan fingerprint density at radius 3 is 2.91 bits per heavy atom. The molecule has 0 saturated carbocycles. The molecule has 11 heavy (non-hydrogen) atoms. The van der Waals surface area contributed by atoms with Crippen molar-refractivity contribution in [2.75, 3.05) is 13.2 Å². The molecular formula is C9H19NO. The molecule has 2 nitrogen and oxygen atoms in total. The van der Waals surface area contributed by atoms with E-state index in [0.717, 1.165) is 32.4 Å². The highest BCUT2D eigenvalue weighted by Gasteiger charge is 1.98. The molecule has 0 rings (SSSR count). The van der Waals surface area contributed by atoms with Gasteiger partial charge < -0.3 is 10.5 Å². The van der Waals surface area contributed by atoms with Gasteiger partial charge in [0.25, 0.3) is 0 Å². The van der Waals surface area contributed by atoms with Gasteiger partial charge >= 0.3 is 0 Å². The fourth-order valence-electron chi connectivity index (χ4n) is 0.841. The van der Waals surface area contributed by atoms with E-state index in [4.69, 9.17) is 10.5 Å². The van der Waals surface area contributed by atoms with Crippen LogP contribution in [-0.2, 0) is 4.74 Å². The van der Waals surface area contributed by atoms with Gasteiger partial charge in [-0.1, -0.05) is 6.08 Å². The highest BCUT2D eigenvalue weighted by atomic mass is 16.5. The summed E-state index contributed by atoms with van der Waals surface area (Å²) in [5.41, 5.74) is 5.36. The van der Waals surface area contributed by atoms with Crippen LogP contribution in [0, 0.1) is 0 Å². The van der Waals surface area contributed by atoms with Gasteiger partial charge in [0, 0.05) is 0 Å². The first kappa shape index (κ1) is 10.7. The Morgan fingerprint density at radius 1 is 1.64 bits per heavy atom. The summed E-state index contributed by atoms with van der Waals surface area (Å²) in [7, 11) is 0. The Bertz CT molecular complexity index is 93.6. The Morgan fingerprint density at radius 2 is 2.36 bits per heavy atom. The van der Waals surface area contributed by atoms with Crippen molar-refractivity contribution in [2.24, 2.45) is 5.73 Å². The maximum Gasteiger partial charge on any atom is 0.0547 e. The predicted octanol–water partition coefficient (Wildman–Crippen LogP) is 1.71. The topological polar surface area (TPSA) is 35.2 Å². The van der Waals surface area contributed by atoms with Crippen LogP contribution in [0.25, 0.3) is 0 Å². The fraction of sp³-hybridized carbons (Fsp3) is 0.778. The van der Waals surface area contributed by atoms with Crippen LogP contribution in [-0.4, -0.2) is 19.3 Å². The van der Waals surface area contributed by atoms with Crippen LogP contribution in [0.15, 0.2) is 12.7 Å². The third-order valence-corrected chi connectivity index (χ3v) is 1.54. The SMILES string of the molecule is C=CCCOC(C)CCCN. The van der Waals surface area contributed by atoms with Gasteiger partial charge in [-0.3, -0.25) is 0 Å². The molecule has 0 aliphatic rings. The third kappa shape index (κ3) is 7.56. The molecule has 0 aliphatic heterocycles. The number of hydrogen-bond acceptors (Lipinski definition) is 2. The van der Waals surface area contributed by atoms with Crippen LogP contribution in [0.5, 0.6) is 0 Å². The maximum atomic E-state index is 5.46. The van der Waals surface area contributed by atoms with Crippen LogP contribution < -0.4 is 5.73 Å². The molecule has 0 aromatic heterocycles. The van der Waals surface area contributed by atoms with Crippen LogP contribution in [0.2, 0.25) is 0 Å². The monoisotopic (exact) mass is 157 g/mol. The van der Waals surface area contributed by atoms with Gasteiger partial charge in [0.15, 0.2) is 0 Å². The molecule has 2 heteroatoms. The minimum absolute atomic E-state index is 0.346. The van der Waals surface area contributed by atoms with Crippen molar-refractivity contribution < 1.29 is 4.74 Å². The van der Waals surface area contributed by atoms with Gasteiger partial charge in [-0.05, 0) is 32.7 Å². The molecular weight excluding hydrogens is 138 g/mol.